The Labute approximate surface area is 177 Å². The van der Waals surface area contributed by atoms with Crippen LogP contribution in [0.15, 0.2) is 58.5 Å². The van der Waals surface area contributed by atoms with Crippen LogP contribution in [-0.4, -0.2) is 33.9 Å². The Morgan fingerprint density at radius 3 is 2.67 bits per heavy atom. The lowest BCUT2D eigenvalue weighted by molar-refractivity contribution is -0.118. The van der Waals surface area contributed by atoms with E-state index in [0.29, 0.717) is 34.8 Å². The van der Waals surface area contributed by atoms with Crippen LogP contribution in [0.3, 0.4) is 0 Å². The average molecular weight is 424 g/mol. The molecule has 3 heterocycles. The minimum atomic E-state index is -0.298. The number of nitrogens with zero attached hydrogens (tertiary/aromatic N) is 3. The molecule has 0 aliphatic carbocycles. The summed E-state index contributed by atoms with van der Waals surface area (Å²) < 4.78 is 17.9. The van der Waals surface area contributed by atoms with Gasteiger partial charge in [-0.05, 0) is 50.2 Å². The second-order valence-corrected chi connectivity index (χ2v) is 7.15. The Morgan fingerprint density at radius 1 is 1.20 bits per heavy atom. The SMILES string of the molecule is CCOc1ccc(OCC(=O)Nc2cc(C)nn2-c2nc(-c3ccco3)cs2)cc1. The predicted molar refractivity (Wildman–Crippen MR) is 113 cm³/mol. The maximum atomic E-state index is 12.4. The molecule has 9 heteroatoms. The van der Waals surface area contributed by atoms with Crippen LogP contribution in [0.1, 0.15) is 12.6 Å². The lowest BCUT2D eigenvalue weighted by atomic mass is 10.3. The van der Waals surface area contributed by atoms with Crippen molar-refractivity contribution in [2.24, 2.45) is 0 Å². The number of thiazole rings is 1. The summed E-state index contributed by atoms with van der Waals surface area (Å²) in [6, 6.07) is 12.6. The molecule has 0 saturated carbocycles. The zero-order valence-electron chi connectivity index (χ0n) is 16.5. The zero-order chi connectivity index (χ0) is 20.9. The number of anilines is 1. The van der Waals surface area contributed by atoms with E-state index < -0.39 is 0 Å². The molecule has 0 spiro atoms. The highest BCUT2D eigenvalue weighted by atomic mass is 32.1. The van der Waals surface area contributed by atoms with E-state index in [9.17, 15) is 4.79 Å². The van der Waals surface area contributed by atoms with Gasteiger partial charge in [-0.3, -0.25) is 4.79 Å². The summed E-state index contributed by atoms with van der Waals surface area (Å²) in [6.45, 7) is 4.24. The molecular formula is C21H20N4O4S. The number of benzene rings is 1. The minimum Gasteiger partial charge on any atom is -0.494 e. The Kier molecular flexibility index (Phi) is 5.80. The van der Waals surface area contributed by atoms with E-state index in [0.717, 1.165) is 11.4 Å². The molecule has 1 N–H and O–H groups in total. The van der Waals surface area contributed by atoms with Crippen LogP contribution < -0.4 is 14.8 Å². The van der Waals surface area contributed by atoms with Gasteiger partial charge in [0, 0.05) is 11.4 Å². The molecule has 0 bridgehead atoms. The maximum absolute atomic E-state index is 12.4. The molecule has 8 nitrogen and oxygen atoms in total. The van der Waals surface area contributed by atoms with Crippen molar-refractivity contribution in [1.82, 2.24) is 14.8 Å². The number of aromatic nitrogens is 3. The van der Waals surface area contributed by atoms with Crippen LogP contribution in [0.25, 0.3) is 16.6 Å². The Bertz CT molecular complexity index is 1120. The van der Waals surface area contributed by atoms with Crippen LogP contribution in [0.5, 0.6) is 11.5 Å². The van der Waals surface area contributed by atoms with Gasteiger partial charge in [-0.25, -0.2) is 4.98 Å². The van der Waals surface area contributed by atoms with Crippen molar-refractivity contribution in [1.29, 1.82) is 0 Å². The van der Waals surface area contributed by atoms with E-state index >= 15 is 0 Å². The summed E-state index contributed by atoms with van der Waals surface area (Å²) in [5, 5.41) is 9.77. The number of amides is 1. The van der Waals surface area contributed by atoms with Crippen molar-refractivity contribution < 1.29 is 18.7 Å². The van der Waals surface area contributed by atoms with Gasteiger partial charge in [-0.1, -0.05) is 0 Å². The molecule has 1 amide bonds. The first-order valence-electron chi connectivity index (χ1n) is 9.34. The summed E-state index contributed by atoms with van der Waals surface area (Å²) in [5.41, 5.74) is 1.47. The van der Waals surface area contributed by atoms with Crippen LogP contribution >= 0.6 is 11.3 Å². The molecule has 1 aromatic carbocycles. The fourth-order valence-electron chi connectivity index (χ4n) is 2.76. The number of aryl methyl sites for hydroxylation is 1. The fraction of sp³-hybridized carbons (Fsp3) is 0.190. The molecule has 0 saturated heterocycles. The smallest absolute Gasteiger partial charge is 0.263 e. The number of carbonyl (C=O) groups excluding carboxylic acids is 1. The minimum absolute atomic E-state index is 0.131. The van der Waals surface area contributed by atoms with E-state index in [2.05, 4.69) is 15.4 Å². The second-order valence-electron chi connectivity index (χ2n) is 6.32. The van der Waals surface area contributed by atoms with Gasteiger partial charge in [-0.15, -0.1) is 11.3 Å². The molecule has 154 valence electrons. The Morgan fingerprint density at radius 2 is 1.97 bits per heavy atom. The van der Waals surface area contributed by atoms with E-state index in [-0.39, 0.29) is 12.5 Å². The van der Waals surface area contributed by atoms with Crippen LogP contribution in [0, 0.1) is 6.92 Å². The highest BCUT2D eigenvalue weighted by Crippen LogP contribution is 2.26. The quantitative estimate of drug-likeness (QED) is 0.453. The third kappa shape index (κ3) is 4.52. The van der Waals surface area contributed by atoms with E-state index in [4.69, 9.17) is 13.9 Å². The summed E-state index contributed by atoms with van der Waals surface area (Å²) >= 11 is 1.41. The van der Waals surface area contributed by atoms with Crippen molar-refractivity contribution >= 4 is 23.1 Å². The molecule has 0 radical (unpaired) electrons. The van der Waals surface area contributed by atoms with Gasteiger partial charge < -0.3 is 19.2 Å². The number of rotatable bonds is 8. The number of ether oxygens (including phenoxy) is 2. The number of nitrogens with one attached hydrogen (secondary N) is 1. The largest absolute Gasteiger partial charge is 0.494 e. The molecule has 0 aliphatic rings. The third-order valence-corrected chi connectivity index (χ3v) is 4.87. The number of carbonyl (C=O) groups is 1. The summed E-state index contributed by atoms with van der Waals surface area (Å²) in [5.74, 6) is 2.24. The van der Waals surface area contributed by atoms with Crippen LogP contribution in [0.4, 0.5) is 5.82 Å². The molecule has 30 heavy (non-hydrogen) atoms. The van der Waals surface area contributed by atoms with Crippen molar-refractivity contribution in [3.05, 3.63) is 59.8 Å². The summed E-state index contributed by atoms with van der Waals surface area (Å²) in [4.78, 5) is 17.0. The Balaban J connectivity index is 1.42. The number of hydrogen-bond donors (Lipinski definition) is 1. The van der Waals surface area contributed by atoms with Crippen molar-refractivity contribution in [2.45, 2.75) is 13.8 Å². The van der Waals surface area contributed by atoms with Crippen molar-refractivity contribution in [3.63, 3.8) is 0 Å². The molecule has 0 fully saturated rings. The van der Waals surface area contributed by atoms with E-state index in [1.54, 1.807) is 41.3 Å². The van der Waals surface area contributed by atoms with Crippen LogP contribution in [0.2, 0.25) is 0 Å². The molecule has 0 atom stereocenters. The van der Waals surface area contributed by atoms with E-state index in [1.807, 2.05) is 31.4 Å². The monoisotopic (exact) mass is 424 g/mol. The molecular weight excluding hydrogens is 404 g/mol. The number of hydrogen-bond acceptors (Lipinski definition) is 7. The lowest BCUT2D eigenvalue weighted by Gasteiger charge is -2.09. The van der Waals surface area contributed by atoms with Gasteiger partial charge in [-0.2, -0.15) is 9.78 Å². The molecule has 3 aromatic heterocycles. The highest BCUT2D eigenvalue weighted by molar-refractivity contribution is 7.12. The topological polar surface area (TPSA) is 91.4 Å². The normalized spacial score (nSPS) is 10.7. The standard InChI is InChI=1S/C21H20N4O4S/c1-3-27-15-6-8-16(9-7-15)29-12-20(26)23-19-11-14(2)24-25(19)21-22-17(13-30-21)18-5-4-10-28-18/h4-11,13H,3,12H2,1-2H3,(H,23,26). The first kappa shape index (κ1) is 19.7. The van der Waals surface area contributed by atoms with Crippen LogP contribution in [-0.2, 0) is 4.79 Å². The first-order chi connectivity index (χ1) is 14.6. The van der Waals surface area contributed by atoms with Gasteiger partial charge in [0.05, 0.1) is 18.6 Å². The van der Waals surface area contributed by atoms with Gasteiger partial charge in [0.2, 0.25) is 5.13 Å². The van der Waals surface area contributed by atoms with Crippen molar-refractivity contribution in [2.75, 3.05) is 18.5 Å². The molecule has 4 rings (SSSR count). The van der Waals surface area contributed by atoms with Gasteiger partial charge >= 0.3 is 0 Å². The Hall–Kier alpha value is -3.59. The third-order valence-electron chi connectivity index (χ3n) is 4.05. The zero-order valence-corrected chi connectivity index (χ0v) is 17.3. The van der Waals surface area contributed by atoms with Gasteiger partial charge in [0.15, 0.2) is 12.4 Å². The van der Waals surface area contributed by atoms with Crippen molar-refractivity contribution in [3.8, 4) is 28.1 Å². The molecule has 0 unspecified atom stereocenters. The van der Waals surface area contributed by atoms with E-state index in [1.165, 1.54) is 11.3 Å². The number of furan rings is 1. The summed E-state index contributed by atoms with van der Waals surface area (Å²) in [6.07, 6.45) is 1.60. The predicted octanol–water partition coefficient (Wildman–Crippen LogP) is 4.31. The molecule has 0 aliphatic heterocycles. The average Bonchev–Trinajstić information content (AvgIpc) is 3.48. The maximum Gasteiger partial charge on any atom is 0.263 e. The fourth-order valence-corrected chi connectivity index (χ4v) is 3.54. The van der Waals surface area contributed by atoms with Gasteiger partial charge in [0.25, 0.3) is 5.91 Å². The second kappa shape index (κ2) is 8.83. The lowest BCUT2D eigenvalue weighted by Crippen LogP contribution is -2.21. The molecule has 4 aromatic rings. The first-order valence-corrected chi connectivity index (χ1v) is 10.2. The van der Waals surface area contributed by atoms with Gasteiger partial charge in [0.1, 0.15) is 23.0 Å². The highest BCUT2D eigenvalue weighted by Gasteiger charge is 2.15. The summed E-state index contributed by atoms with van der Waals surface area (Å²) in [7, 11) is 0.